The summed E-state index contributed by atoms with van der Waals surface area (Å²) in [6, 6.07) is 9.14. The lowest BCUT2D eigenvalue weighted by Gasteiger charge is -2.13. The summed E-state index contributed by atoms with van der Waals surface area (Å²) in [5.74, 6) is -1.10. The Labute approximate surface area is 80.2 Å². The van der Waals surface area contributed by atoms with Crippen LogP contribution >= 0.6 is 0 Å². The summed E-state index contributed by atoms with van der Waals surface area (Å²) in [4.78, 5) is 19.2. The summed E-state index contributed by atoms with van der Waals surface area (Å²) in [7, 11) is 0. The highest BCUT2D eigenvalue weighted by atomic mass is 16.7. The summed E-state index contributed by atoms with van der Waals surface area (Å²) < 4.78 is 0. The molecule has 72 valence electrons. The van der Waals surface area contributed by atoms with Gasteiger partial charge >= 0.3 is 5.97 Å². The van der Waals surface area contributed by atoms with Crippen LogP contribution < -0.4 is 5.06 Å². The molecule has 0 fully saturated rings. The number of carboxylic acids is 1. The summed E-state index contributed by atoms with van der Waals surface area (Å²) in [6.07, 6.45) is 0.226. The maximum Gasteiger partial charge on any atom is 0.358 e. The summed E-state index contributed by atoms with van der Waals surface area (Å²) in [6.45, 7) is 0. The second-order valence-corrected chi connectivity index (χ2v) is 2.72. The molecule has 1 aliphatic heterocycles. The minimum Gasteiger partial charge on any atom is -0.478 e. The van der Waals surface area contributed by atoms with Crippen LogP contribution in [0, 0.1) is 0 Å². The number of carbonyl (C=O) groups is 1. The molecule has 0 spiro atoms. The molecule has 0 amide bonds. The van der Waals surface area contributed by atoms with Gasteiger partial charge in [-0.05, 0) is 12.1 Å². The van der Waals surface area contributed by atoms with E-state index in [0.29, 0.717) is 0 Å². The molecule has 0 radical (unpaired) electrons. The van der Waals surface area contributed by atoms with Crippen LogP contribution in [0.15, 0.2) is 35.3 Å². The van der Waals surface area contributed by atoms with Gasteiger partial charge in [0.05, 0.1) is 5.69 Å². The third-order valence-corrected chi connectivity index (χ3v) is 1.74. The van der Waals surface area contributed by atoms with Crippen molar-refractivity contribution in [2.45, 2.75) is 6.23 Å². The largest absolute Gasteiger partial charge is 0.478 e. The van der Waals surface area contributed by atoms with E-state index in [9.17, 15) is 4.79 Å². The fraction of sp³-hybridized carbons (Fsp3) is 0.111. The van der Waals surface area contributed by atoms with Gasteiger partial charge in [-0.2, -0.15) is 0 Å². The third-order valence-electron chi connectivity index (χ3n) is 1.74. The first-order valence-electron chi connectivity index (χ1n) is 4.04. The zero-order valence-corrected chi connectivity index (χ0v) is 7.20. The van der Waals surface area contributed by atoms with Crippen molar-refractivity contribution in [2.24, 2.45) is 4.99 Å². The number of rotatable bonds is 2. The lowest BCUT2D eigenvalue weighted by atomic mass is 10.3. The van der Waals surface area contributed by atoms with Crippen molar-refractivity contribution in [3.63, 3.8) is 0 Å². The average molecular weight is 192 g/mol. The number of aliphatic imine (C=N–C) groups is 1. The first-order valence-corrected chi connectivity index (χ1v) is 4.04. The topological polar surface area (TPSA) is 62.1 Å². The molecule has 1 aromatic rings. The number of aliphatic carboxylic acids is 1. The summed E-state index contributed by atoms with van der Waals surface area (Å²) in [5, 5.41) is 9.94. The maximum absolute atomic E-state index is 10.5. The molecule has 0 bridgehead atoms. The van der Waals surface area contributed by atoms with Crippen molar-refractivity contribution in [3.8, 4) is 0 Å². The predicted molar refractivity (Wildman–Crippen MR) is 49.9 cm³/mol. The molecule has 1 aliphatic rings. The van der Waals surface area contributed by atoms with E-state index in [1.165, 1.54) is 11.4 Å². The van der Waals surface area contributed by atoms with Gasteiger partial charge in [0, 0.05) is 0 Å². The smallest absolute Gasteiger partial charge is 0.358 e. The van der Waals surface area contributed by atoms with E-state index in [1.54, 1.807) is 12.1 Å². The molecule has 2 rings (SSSR count). The minimum atomic E-state index is -1.13. The standard InChI is InChI=1S/C9H8N2O3/c12-9(13)8-10-6-11(14-8)7-4-2-1-3-5-7/h1-6,8H,(H,12,13). The van der Waals surface area contributed by atoms with Gasteiger partial charge in [-0.3, -0.25) is 0 Å². The van der Waals surface area contributed by atoms with Gasteiger partial charge in [0.25, 0.3) is 6.23 Å². The number of hydrogen-bond acceptors (Lipinski definition) is 4. The molecule has 0 aliphatic carbocycles. The van der Waals surface area contributed by atoms with E-state index in [2.05, 4.69) is 4.99 Å². The molecule has 0 saturated heterocycles. The van der Waals surface area contributed by atoms with Crippen LogP contribution in [0.3, 0.4) is 0 Å². The van der Waals surface area contributed by atoms with Crippen LogP contribution in [0.1, 0.15) is 0 Å². The van der Waals surface area contributed by atoms with Crippen molar-refractivity contribution in [1.29, 1.82) is 0 Å². The molecule has 1 atom stereocenters. The van der Waals surface area contributed by atoms with Crippen LogP contribution in [-0.2, 0) is 9.63 Å². The van der Waals surface area contributed by atoms with E-state index >= 15 is 0 Å². The van der Waals surface area contributed by atoms with Gasteiger partial charge in [-0.15, -0.1) is 0 Å². The highest BCUT2D eigenvalue weighted by Gasteiger charge is 2.25. The maximum atomic E-state index is 10.5. The lowest BCUT2D eigenvalue weighted by Crippen LogP contribution is -2.25. The molecule has 1 unspecified atom stereocenters. The second kappa shape index (κ2) is 3.47. The zero-order valence-electron chi connectivity index (χ0n) is 7.20. The Balaban J connectivity index is 2.11. The van der Waals surface area contributed by atoms with Crippen LogP contribution in [0.2, 0.25) is 0 Å². The van der Waals surface area contributed by atoms with E-state index in [0.717, 1.165) is 5.69 Å². The average Bonchev–Trinajstić information content (AvgIpc) is 2.68. The van der Waals surface area contributed by atoms with Gasteiger partial charge in [0.2, 0.25) is 0 Å². The first-order chi connectivity index (χ1) is 6.77. The molecule has 5 heteroatoms. The molecular formula is C9H8N2O3. The van der Waals surface area contributed by atoms with Crippen molar-refractivity contribution < 1.29 is 14.7 Å². The molecule has 0 saturated carbocycles. The molecule has 0 aromatic heterocycles. The SMILES string of the molecule is O=C(O)C1N=CN(c2ccccc2)O1. The van der Waals surface area contributed by atoms with Gasteiger partial charge in [0.1, 0.15) is 6.34 Å². The van der Waals surface area contributed by atoms with E-state index in [4.69, 9.17) is 9.94 Å². The molecule has 1 heterocycles. The minimum absolute atomic E-state index is 0.750. The van der Waals surface area contributed by atoms with Gasteiger partial charge in [0.15, 0.2) is 0 Å². The van der Waals surface area contributed by atoms with Crippen molar-refractivity contribution >= 4 is 18.0 Å². The van der Waals surface area contributed by atoms with Crippen molar-refractivity contribution in [2.75, 3.05) is 5.06 Å². The number of nitrogens with zero attached hydrogens (tertiary/aromatic N) is 2. The number of benzene rings is 1. The predicted octanol–water partition coefficient (Wildman–Crippen LogP) is 0.877. The number of para-hydroxylation sites is 1. The molecule has 1 aromatic carbocycles. The van der Waals surface area contributed by atoms with Gasteiger partial charge in [-0.25, -0.2) is 19.7 Å². The summed E-state index contributed by atoms with van der Waals surface area (Å²) >= 11 is 0. The number of hydroxylamine groups is 1. The van der Waals surface area contributed by atoms with E-state index in [1.807, 2.05) is 18.2 Å². The van der Waals surface area contributed by atoms with Crippen molar-refractivity contribution in [3.05, 3.63) is 30.3 Å². The normalized spacial score (nSPS) is 20.0. The Kier molecular flexibility index (Phi) is 2.16. The number of carboxylic acid groups (broad SMARTS) is 1. The second-order valence-electron chi connectivity index (χ2n) is 2.72. The number of anilines is 1. The zero-order chi connectivity index (χ0) is 9.97. The Morgan fingerprint density at radius 2 is 2.14 bits per heavy atom. The lowest BCUT2D eigenvalue weighted by molar-refractivity contribution is -0.148. The van der Waals surface area contributed by atoms with Gasteiger partial charge in [-0.1, -0.05) is 18.2 Å². The van der Waals surface area contributed by atoms with Crippen LogP contribution in [0.25, 0.3) is 0 Å². The Hall–Kier alpha value is -1.88. The monoisotopic (exact) mass is 192 g/mol. The highest BCUT2D eigenvalue weighted by molar-refractivity contribution is 5.83. The highest BCUT2D eigenvalue weighted by Crippen LogP contribution is 2.17. The Bertz CT molecular complexity index is 364. The van der Waals surface area contributed by atoms with E-state index in [-0.39, 0.29) is 0 Å². The van der Waals surface area contributed by atoms with Crippen LogP contribution in [-0.4, -0.2) is 23.6 Å². The third kappa shape index (κ3) is 1.57. The Morgan fingerprint density at radius 3 is 2.71 bits per heavy atom. The van der Waals surface area contributed by atoms with Crippen molar-refractivity contribution in [1.82, 2.24) is 0 Å². The molecular weight excluding hydrogens is 184 g/mol. The molecule has 14 heavy (non-hydrogen) atoms. The fourth-order valence-corrected chi connectivity index (χ4v) is 1.09. The Morgan fingerprint density at radius 1 is 1.43 bits per heavy atom. The fourth-order valence-electron chi connectivity index (χ4n) is 1.09. The molecule has 5 nitrogen and oxygen atoms in total. The first kappa shape index (κ1) is 8.71. The molecule has 1 N–H and O–H groups in total. The van der Waals surface area contributed by atoms with Crippen LogP contribution in [0.4, 0.5) is 5.69 Å². The summed E-state index contributed by atoms with van der Waals surface area (Å²) in [5.41, 5.74) is 0.750. The quantitative estimate of drug-likeness (QED) is 0.755. The number of hydrogen-bond donors (Lipinski definition) is 1. The van der Waals surface area contributed by atoms with E-state index < -0.39 is 12.2 Å². The van der Waals surface area contributed by atoms with Gasteiger partial charge < -0.3 is 5.11 Å². The van der Waals surface area contributed by atoms with Crippen LogP contribution in [0.5, 0.6) is 0 Å².